The van der Waals surface area contributed by atoms with Crippen LogP contribution < -0.4 is 15.1 Å². The number of amides is 2. The van der Waals surface area contributed by atoms with Crippen LogP contribution in [0.25, 0.3) is 11.3 Å². The van der Waals surface area contributed by atoms with E-state index in [0.29, 0.717) is 11.6 Å². The van der Waals surface area contributed by atoms with Crippen LogP contribution in [0.15, 0.2) is 48.8 Å². The molecule has 2 aliphatic rings. The average molecular weight is 386 g/mol. The molecule has 2 bridgehead atoms. The molecule has 29 heavy (non-hydrogen) atoms. The Hall–Kier alpha value is -3.48. The second kappa shape index (κ2) is 6.84. The van der Waals surface area contributed by atoms with Crippen molar-refractivity contribution < 1.29 is 4.79 Å². The zero-order valence-electron chi connectivity index (χ0n) is 16.5. The fourth-order valence-corrected chi connectivity index (χ4v) is 4.20. The second-order valence-electron chi connectivity index (χ2n) is 7.59. The molecule has 3 aromatic heterocycles. The minimum absolute atomic E-state index is 0.105. The Morgan fingerprint density at radius 2 is 2.03 bits per heavy atom. The monoisotopic (exact) mass is 386 g/mol. The molecule has 0 spiro atoms. The molecule has 0 aliphatic carbocycles. The van der Waals surface area contributed by atoms with Crippen molar-refractivity contribution in [2.75, 3.05) is 28.2 Å². The molecule has 0 saturated carbocycles. The van der Waals surface area contributed by atoms with Gasteiger partial charge in [0.1, 0.15) is 5.82 Å². The maximum absolute atomic E-state index is 13.2. The average Bonchev–Trinajstić information content (AvgIpc) is 3.14. The molecular formula is C22H22N6O. The van der Waals surface area contributed by atoms with Crippen LogP contribution >= 0.6 is 0 Å². The summed E-state index contributed by atoms with van der Waals surface area (Å²) in [6, 6.07) is 11.5. The van der Waals surface area contributed by atoms with E-state index in [1.807, 2.05) is 36.1 Å². The summed E-state index contributed by atoms with van der Waals surface area (Å²) in [5.41, 5.74) is 4.94. The van der Waals surface area contributed by atoms with Gasteiger partial charge in [0, 0.05) is 36.7 Å². The number of pyridine rings is 3. The normalized spacial score (nSPS) is 17.2. The molecule has 2 amide bonds. The van der Waals surface area contributed by atoms with Crippen LogP contribution in [-0.4, -0.2) is 40.1 Å². The van der Waals surface area contributed by atoms with Crippen molar-refractivity contribution in [3.8, 4) is 11.3 Å². The third-order valence-corrected chi connectivity index (χ3v) is 5.56. The van der Waals surface area contributed by atoms with Gasteiger partial charge in [-0.3, -0.25) is 15.2 Å². The van der Waals surface area contributed by atoms with Gasteiger partial charge in [-0.1, -0.05) is 6.07 Å². The van der Waals surface area contributed by atoms with Gasteiger partial charge in [-0.15, -0.1) is 0 Å². The Bertz CT molecular complexity index is 1080. The number of carbonyl (C=O) groups is 1. The Kier molecular flexibility index (Phi) is 4.16. The number of anilines is 3. The van der Waals surface area contributed by atoms with Crippen molar-refractivity contribution in [2.24, 2.45) is 0 Å². The molecule has 1 saturated heterocycles. The first-order valence-corrected chi connectivity index (χ1v) is 9.81. The highest BCUT2D eigenvalue weighted by atomic mass is 16.2. The van der Waals surface area contributed by atoms with Gasteiger partial charge in [-0.05, 0) is 56.2 Å². The smallest absolute Gasteiger partial charge is 0.329 e. The van der Waals surface area contributed by atoms with E-state index in [4.69, 9.17) is 4.98 Å². The maximum atomic E-state index is 13.2. The predicted octanol–water partition coefficient (Wildman–Crippen LogP) is 3.79. The van der Waals surface area contributed by atoms with Gasteiger partial charge in [-0.2, -0.15) is 0 Å². The summed E-state index contributed by atoms with van der Waals surface area (Å²) >= 11 is 0. The number of hydrogen-bond acceptors (Lipinski definition) is 5. The molecule has 2 aliphatic heterocycles. The molecule has 5 rings (SSSR count). The summed E-state index contributed by atoms with van der Waals surface area (Å²) in [6.07, 6.45) is 4.39. The number of hydrogen-bond donors (Lipinski definition) is 1. The molecule has 7 heteroatoms. The summed E-state index contributed by atoms with van der Waals surface area (Å²) < 4.78 is 0. The molecular weight excluding hydrogens is 364 g/mol. The molecule has 1 atom stereocenters. The third-order valence-electron chi connectivity index (χ3n) is 5.56. The van der Waals surface area contributed by atoms with Gasteiger partial charge in [0.25, 0.3) is 0 Å². The maximum Gasteiger partial charge on any atom is 0.329 e. The van der Waals surface area contributed by atoms with E-state index in [1.54, 1.807) is 18.5 Å². The van der Waals surface area contributed by atoms with Crippen LogP contribution in [0.5, 0.6) is 0 Å². The lowest BCUT2D eigenvalue weighted by Crippen LogP contribution is -2.48. The van der Waals surface area contributed by atoms with Crippen molar-refractivity contribution in [1.82, 2.24) is 15.0 Å². The lowest BCUT2D eigenvalue weighted by atomic mass is 10.0. The number of aryl methyl sites for hydroxylation is 2. The highest BCUT2D eigenvalue weighted by Gasteiger charge is 2.40. The Morgan fingerprint density at radius 3 is 2.83 bits per heavy atom. The third kappa shape index (κ3) is 3.08. The van der Waals surface area contributed by atoms with Crippen molar-refractivity contribution in [3.63, 3.8) is 0 Å². The molecule has 1 fully saturated rings. The lowest BCUT2D eigenvalue weighted by Gasteiger charge is -2.36. The standard InChI is InChI=1S/C22H22N6O/c1-14-11-18-21(26-20(14)16-6-9-23-15(2)12-16)28(17-7-10-27(18)13-17)22(29)25-19-5-3-4-8-24-19/h3-6,8-9,11-12,17H,7,10,13H2,1-2H3,(H,24,25,29)/t17-/m0/s1. The SMILES string of the molecule is Cc1cc(-c2nc3c(cc2C)N2CC[C@@H](C2)N3C(=O)Nc2ccccn2)ccn1. The Morgan fingerprint density at radius 1 is 1.14 bits per heavy atom. The van der Waals surface area contributed by atoms with Gasteiger partial charge in [0.2, 0.25) is 0 Å². The van der Waals surface area contributed by atoms with Crippen LogP contribution in [0.4, 0.5) is 22.1 Å². The summed E-state index contributed by atoms with van der Waals surface area (Å²) in [4.78, 5) is 30.8. The van der Waals surface area contributed by atoms with Gasteiger partial charge in [0.05, 0.1) is 17.4 Å². The van der Waals surface area contributed by atoms with Crippen LogP contribution in [0, 0.1) is 13.8 Å². The molecule has 0 aromatic carbocycles. The first-order valence-electron chi connectivity index (χ1n) is 9.81. The number of nitrogens with zero attached hydrogens (tertiary/aromatic N) is 5. The Balaban J connectivity index is 1.58. The first-order chi connectivity index (χ1) is 14.1. The second-order valence-corrected chi connectivity index (χ2v) is 7.59. The van der Waals surface area contributed by atoms with E-state index >= 15 is 0 Å². The molecule has 1 N–H and O–H groups in total. The van der Waals surface area contributed by atoms with E-state index in [0.717, 1.165) is 47.7 Å². The highest BCUT2D eigenvalue weighted by Crippen LogP contribution is 2.41. The minimum atomic E-state index is -0.190. The number of carbonyl (C=O) groups excluding carboxylic acids is 1. The van der Waals surface area contributed by atoms with Crippen LogP contribution in [0.3, 0.4) is 0 Å². The van der Waals surface area contributed by atoms with Gasteiger partial charge < -0.3 is 4.90 Å². The first kappa shape index (κ1) is 17.6. The van der Waals surface area contributed by atoms with Gasteiger partial charge in [0.15, 0.2) is 5.82 Å². The summed E-state index contributed by atoms with van der Waals surface area (Å²) in [5, 5.41) is 2.93. The number of rotatable bonds is 2. The quantitative estimate of drug-likeness (QED) is 0.725. The summed E-state index contributed by atoms with van der Waals surface area (Å²) in [7, 11) is 0. The molecule has 3 aromatic rings. The van der Waals surface area contributed by atoms with E-state index in [9.17, 15) is 4.79 Å². The topological polar surface area (TPSA) is 74.2 Å². The molecule has 0 unspecified atom stereocenters. The minimum Gasteiger partial charge on any atom is -0.366 e. The zero-order valence-corrected chi connectivity index (χ0v) is 16.5. The van der Waals surface area contributed by atoms with E-state index < -0.39 is 0 Å². The fraction of sp³-hybridized carbons (Fsp3) is 0.273. The lowest BCUT2D eigenvalue weighted by molar-refractivity contribution is 0.254. The molecule has 7 nitrogen and oxygen atoms in total. The van der Waals surface area contributed by atoms with Gasteiger partial charge >= 0.3 is 6.03 Å². The van der Waals surface area contributed by atoms with E-state index in [-0.39, 0.29) is 12.1 Å². The van der Waals surface area contributed by atoms with Crippen LogP contribution in [0.2, 0.25) is 0 Å². The van der Waals surface area contributed by atoms with Crippen molar-refractivity contribution in [1.29, 1.82) is 0 Å². The van der Waals surface area contributed by atoms with Crippen molar-refractivity contribution >= 4 is 23.4 Å². The number of nitrogens with one attached hydrogen (secondary N) is 1. The fourth-order valence-electron chi connectivity index (χ4n) is 4.20. The highest BCUT2D eigenvalue weighted by molar-refractivity contribution is 6.04. The van der Waals surface area contributed by atoms with Crippen molar-refractivity contribution in [3.05, 3.63) is 60.0 Å². The molecule has 0 radical (unpaired) electrons. The largest absolute Gasteiger partial charge is 0.366 e. The van der Waals surface area contributed by atoms with E-state index in [1.165, 1.54) is 0 Å². The zero-order chi connectivity index (χ0) is 20.0. The predicted molar refractivity (Wildman–Crippen MR) is 113 cm³/mol. The number of fused-ring (bicyclic) bond motifs is 4. The molecule has 5 heterocycles. The number of urea groups is 1. The van der Waals surface area contributed by atoms with E-state index in [2.05, 4.69) is 33.2 Å². The van der Waals surface area contributed by atoms with Crippen LogP contribution in [-0.2, 0) is 0 Å². The Labute approximate surface area is 169 Å². The summed E-state index contributed by atoms with van der Waals surface area (Å²) in [5.74, 6) is 1.25. The van der Waals surface area contributed by atoms with Gasteiger partial charge in [-0.25, -0.2) is 14.8 Å². The van der Waals surface area contributed by atoms with Crippen LogP contribution in [0.1, 0.15) is 17.7 Å². The molecule has 146 valence electrons. The van der Waals surface area contributed by atoms with Crippen molar-refractivity contribution in [2.45, 2.75) is 26.3 Å². The summed E-state index contributed by atoms with van der Waals surface area (Å²) in [6.45, 7) is 5.80. The number of aromatic nitrogens is 3.